The first kappa shape index (κ1) is 12.9. The Labute approximate surface area is 83.7 Å². The average molecular weight is 219 g/mol. The fraction of sp³-hybridized carbons (Fsp3) is 0.875. The number of rotatable bonds is 7. The number of nitrogens with two attached hydrogens (primary N) is 1. The zero-order valence-electron chi connectivity index (χ0n) is 8.62. The lowest BCUT2D eigenvalue weighted by Gasteiger charge is -2.09. The van der Waals surface area contributed by atoms with Crippen molar-refractivity contribution in [3.63, 3.8) is 0 Å². The molecular formula is C8H21NO2Si2. The van der Waals surface area contributed by atoms with Crippen LogP contribution < -0.4 is 5.73 Å². The Morgan fingerprint density at radius 3 is 2.38 bits per heavy atom. The van der Waals surface area contributed by atoms with Gasteiger partial charge in [0, 0.05) is 15.2 Å². The minimum absolute atomic E-state index is 0.189. The third-order valence-corrected chi connectivity index (χ3v) is 6.75. The normalized spacial score (nSPS) is 15.3. The van der Waals surface area contributed by atoms with Crippen molar-refractivity contribution in [3.8, 4) is 0 Å². The van der Waals surface area contributed by atoms with E-state index < -0.39 is 17.8 Å². The minimum atomic E-state index is -1.34. The second-order valence-electron chi connectivity index (χ2n) is 3.89. The zero-order valence-corrected chi connectivity index (χ0v) is 10.9. The van der Waals surface area contributed by atoms with E-state index in [-0.39, 0.29) is 5.91 Å². The average Bonchev–Trinajstić information content (AvgIpc) is 2.00. The molecule has 0 aromatic carbocycles. The number of hydrogen-bond donors (Lipinski definition) is 2. The van der Waals surface area contributed by atoms with E-state index in [0.29, 0.717) is 6.42 Å². The van der Waals surface area contributed by atoms with E-state index in [2.05, 4.69) is 6.55 Å². The summed E-state index contributed by atoms with van der Waals surface area (Å²) >= 11 is 0. The van der Waals surface area contributed by atoms with E-state index in [1.807, 2.05) is 6.55 Å². The molecule has 13 heavy (non-hydrogen) atoms. The van der Waals surface area contributed by atoms with Crippen molar-refractivity contribution in [3.05, 3.63) is 0 Å². The van der Waals surface area contributed by atoms with E-state index in [0.717, 1.165) is 12.5 Å². The van der Waals surface area contributed by atoms with Crippen molar-refractivity contribution in [2.24, 2.45) is 5.73 Å². The van der Waals surface area contributed by atoms with E-state index in [1.165, 1.54) is 12.1 Å². The highest BCUT2D eigenvalue weighted by Gasteiger charge is 2.07. The summed E-state index contributed by atoms with van der Waals surface area (Å²) in [5.41, 5.74) is 5.04. The molecule has 0 heterocycles. The van der Waals surface area contributed by atoms with Crippen LogP contribution in [-0.2, 0) is 4.79 Å². The molecule has 2 atom stereocenters. The SMILES string of the molecule is C[SiH](O)CC[SiH](C)CCCC(N)=O. The molecule has 0 aliphatic heterocycles. The van der Waals surface area contributed by atoms with Gasteiger partial charge in [-0.3, -0.25) is 4.79 Å². The zero-order chi connectivity index (χ0) is 10.3. The van der Waals surface area contributed by atoms with Crippen LogP contribution in [0.15, 0.2) is 0 Å². The van der Waals surface area contributed by atoms with Crippen molar-refractivity contribution in [2.45, 2.75) is 44.1 Å². The molecule has 0 aliphatic rings. The molecule has 0 saturated carbocycles. The molecule has 0 spiro atoms. The highest BCUT2D eigenvalue weighted by Crippen LogP contribution is 2.09. The molecule has 0 fully saturated rings. The van der Waals surface area contributed by atoms with Crippen LogP contribution in [0.4, 0.5) is 0 Å². The first-order valence-corrected chi connectivity index (χ1v) is 10.3. The van der Waals surface area contributed by atoms with Crippen molar-refractivity contribution < 1.29 is 9.59 Å². The van der Waals surface area contributed by atoms with Gasteiger partial charge in [0.1, 0.15) is 0 Å². The summed E-state index contributed by atoms with van der Waals surface area (Å²) in [6, 6.07) is 3.46. The third kappa shape index (κ3) is 9.78. The van der Waals surface area contributed by atoms with Crippen LogP contribution in [0.2, 0.25) is 31.2 Å². The molecule has 0 radical (unpaired) electrons. The Balaban J connectivity index is 3.29. The first-order valence-electron chi connectivity index (χ1n) is 4.98. The van der Waals surface area contributed by atoms with Crippen LogP contribution in [0.3, 0.4) is 0 Å². The number of amides is 1. The topological polar surface area (TPSA) is 63.3 Å². The molecule has 1 amide bonds. The summed E-state index contributed by atoms with van der Waals surface area (Å²) in [7, 11) is -1.99. The van der Waals surface area contributed by atoms with Gasteiger partial charge in [-0.1, -0.05) is 18.6 Å². The standard InChI is InChI=1S/C8H21NO2Si2/c1-12(6-7-13(2)11)5-3-4-8(9)10/h11-13H,3-7H2,1-2H3,(H2,9,10). The second-order valence-corrected chi connectivity index (χ2v) is 9.53. The fourth-order valence-corrected chi connectivity index (χ4v) is 6.69. The summed E-state index contributed by atoms with van der Waals surface area (Å²) < 4.78 is 0. The van der Waals surface area contributed by atoms with Gasteiger partial charge in [0.25, 0.3) is 0 Å². The lowest BCUT2D eigenvalue weighted by molar-refractivity contribution is -0.118. The van der Waals surface area contributed by atoms with Gasteiger partial charge in [0.15, 0.2) is 9.04 Å². The van der Waals surface area contributed by atoms with Gasteiger partial charge in [0.2, 0.25) is 5.91 Å². The Kier molecular flexibility index (Phi) is 7.21. The molecule has 3 nitrogen and oxygen atoms in total. The van der Waals surface area contributed by atoms with E-state index >= 15 is 0 Å². The Morgan fingerprint density at radius 2 is 1.92 bits per heavy atom. The minimum Gasteiger partial charge on any atom is -0.435 e. The van der Waals surface area contributed by atoms with Crippen molar-refractivity contribution in [1.82, 2.24) is 0 Å². The van der Waals surface area contributed by atoms with Crippen molar-refractivity contribution in [2.75, 3.05) is 0 Å². The second kappa shape index (κ2) is 7.28. The summed E-state index contributed by atoms with van der Waals surface area (Å²) in [5.74, 6) is -0.189. The van der Waals surface area contributed by atoms with Crippen LogP contribution in [0.5, 0.6) is 0 Å². The predicted octanol–water partition coefficient (Wildman–Crippen LogP) is 0.455. The quantitative estimate of drug-likeness (QED) is 0.611. The maximum Gasteiger partial charge on any atom is 0.217 e. The summed E-state index contributed by atoms with van der Waals surface area (Å²) in [6.45, 7) is 4.27. The van der Waals surface area contributed by atoms with Crippen LogP contribution >= 0.6 is 0 Å². The van der Waals surface area contributed by atoms with Gasteiger partial charge in [0.05, 0.1) is 0 Å². The maximum atomic E-state index is 10.5. The number of carbonyl (C=O) groups is 1. The van der Waals surface area contributed by atoms with Gasteiger partial charge in [-0.05, 0) is 19.0 Å². The first-order chi connectivity index (χ1) is 6.02. The predicted molar refractivity (Wildman–Crippen MR) is 61.1 cm³/mol. The molecule has 0 rings (SSSR count). The lowest BCUT2D eigenvalue weighted by Crippen LogP contribution is -2.14. The van der Waals surface area contributed by atoms with Crippen molar-refractivity contribution >= 4 is 23.7 Å². The third-order valence-electron chi connectivity index (χ3n) is 2.20. The van der Waals surface area contributed by atoms with Gasteiger partial charge >= 0.3 is 0 Å². The largest absolute Gasteiger partial charge is 0.435 e. The molecule has 0 saturated heterocycles. The maximum absolute atomic E-state index is 10.5. The van der Waals surface area contributed by atoms with Gasteiger partial charge in [-0.2, -0.15) is 0 Å². The molecule has 5 heteroatoms. The van der Waals surface area contributed by atoms with Crippen LogP contribution in [0, 0.1) is 0 Å². The molecule has 78 valence electrons. The molecular weight excluding hydrogens is 198 g/mol. The fourth-order valence-electron chi connectivity index (χ4n) is 1.29. The highest BCUT2D eigenvalue weighted by molar-refractivity contribution is 6.60. The van der Waals surface area contributed by atoms with Crippen molar-refractivity contribution in [1.29, 1.82) is 0 Å². The lowest BCUT2D eigenvalue weighted by atomic mass is 10.3. The van der Waals surface area contributed by atoms with E-state index in [4.69, 9.17) is 5.73 Å². The van der Waals surface area contributed by atoms with Crippen LogP contribution in [0.1, 0.15) is 12.8 Å². The van der Waals surface area contributed by atoms with Gasteiger partial charge in [-0.15, -0.1) is 0 Å². The van der Waals surface area contributed by atoms with Gasteiger partial charge in [-0.25, -0.2) is 0 Å². The molecule has 0 aromatic rings. The molecule has 0 bridgehead atoms. The Morgan fingerprint density at radius 1 is 1.31 bits per heavy atom. The summed E-state index contributed by atoms with van der Waals surface area (Å²) in [5, 5.41) is 0. The number of carbonyl (C=O) groups excluding carboxylic acids is 1. The molecule has 0 aliphatic carbocycles. The Hall–Kier alpha value is -0.136. The summed E-state index contributed by atoms with van der Waals surface area (Å²) in [6.07, 6.45) is 1.48. The molecule has 2 unspecified atom stereocenters. The van der Waals surface area contributed by atoms with Gasteiger partial charge < -0.3 is 10.5 Å². The Bertz CT molecular complexity index is 153. The highest BCUT2D eigenvalue weighted by atomic mass is 28.3. The van der Waals surface area contributed by atoms with Crippen LogP contribution in [-0.4, -0.2) is 28.5 Å². The van der Waals surface area contributed by atoms with E-state index in [9.17, 15) is 9.59 Å². The smallest absolute Gasteiger partial charge is 0.217 e. The molecule has 3 N–H and O–H groups in total. The number of hydrogen-bond acceptors (Lipinski definition) is 2. The summed E-state index contributed by atoms with van der Waals surface area (Å²) in [4.78, 5) is 19.7. The van der Waals surface area contributed by atoms with Crippen LogP contribution in [0.25, 0.3) is 0 Å². The van der Waals surface area contributed by atoms with E-state index in [1.54, 1.807) is 0 Å². The monoisotopic (exact) mass is 219 g/mol. The molecule has 0 aromatic heterocycles. The number of primary amides is 1.